The first-order chi connectivity index (χ1) is 6.90. The van der Waals surface area contributed by atoms with E-state index >= 15 is 0 Å². The van der Waals surface area contributed by atoms with Gasteiger partial charge in [-0.05, 0) is 5.92 Å². The maximum atomic E-state index is 11.2. The standard InChI is InChI=1S/C9H19NO5/c1-5(2)3-10-9(15)8(14)7(13)6(12)4-11/h5-8,11-14H,3-4H2,1-2H3,(H,10,15)/t6-,7-,8+/m0/s1. The van der Waals surface area contributed by atoms with Crippen molar-refractivity contribution >= 4 is 5.91 Å². The molecule has 6 nitrogen and oxygen atoms in total. The fourth-order valence-electron chi connectivity index (χ4n) is 0.883. The summed E-state index contributed by atoms with van der Waals surface area (Å²) in [5, 5.41) is 38.4. The SMILES string of the molecule is CC(C)CNC(=O)[C@H](O)[C@@H](O)[C@@H](O)CO. The molecule has 5 N–H and O–H groups in total. The summed E-state index contributed by atoms with van der Waals surface area (Å²) in [5.74, 6) is -0.537. The van der Waals surface area contributed by atoms with Gasteiger partial charge in [-0.15, -0.1) is 0 Å². The van der Waals surface area contributed by atoms with Gasteiger partial charge in [-0.2, -0.15) is 0 Å². The second kappa shape index (κ2) is 6.73. The van der Waals surface area contributed by atoms with Crippen LogP contribution in [0.1, 0.15) is 13.8 Å². The summed E-state index contributed by atoms with van der Waals surface area (Å²) in [6.45, 7) is 3.42. The molecule has 0 saturated carbocycles. The third-order valence-electron chi connectivity index (χ3n) is 1.86. The Morgan fingerprint density at radius 2 is 1.80 bits per heavy atom. The summed E-state index contributed by atoms with van der Waals surface area (Å²) < 4.78 is 0. The molecule has 0 bridgehead atoms. The molecule has 3 atom stereocenters. The minimum Gasteiger partial charge on any atom is -0.394 e. The molecule has 90 valence electrons. The molecule has 15 heavy (non-hydrogen) atoms. The highest BCUT2D eigenvalue weighted by molar-refractivity contribution is 5.81. The van der Waals surface area contributed by atoms with Gasteiger partial charge in [0.05, 0.1) is 6.61 Å². The van der Waals surface area contributed by atoms with Crippen LogP contribution in [0.5, 0.6) is 0 Å². The molecule has 0 fully saturated rings. The van der Waals surface area contributed by atoms with Gasteiger partial charge in [0, 0.05) is 6.54 Å². The predicted octanol–water partition coefficient (Wildman–Crippen LogP) is -2.17. The fraction of sp³-hybridized carbons (Fsp3) is 0.889. The van der Waals surface area contributed by atoms with Crippen molar-refractivity contribution in [2.75, 3.05) is 13.2 Å². The number of rotatable bonds is 6. The van der Waals surface area contributed by atoms with E-state index in [4.69, 9.17) is 10.2 Å². The number of hydrogen-bond donors (Lipinski definition) is 5. The number of aliphatic hydroxyl groups is 4. The smallest absolute Gasteiger partial charge is 0.251 e. The molecule has 0 aromatic rings. The van der Waals surface area contributed by atoms with Crippen LogP contribution in [0.15, 0.2) is 0 Å². The Labute approximate surface area is 88.5 Å². The Morgan fingerprint density at radius 3 is 2.20 bits per heavy atom. The van der Waals surface area contributed by atoms with Crippen molar-refractivity contribution in [1.82, 2.24) is 5.32 Å². The topological polar surface area (TPSA) is 110 Å². The van der Waals surface area contributed by atoms with Crippen LogP contribution in [0.2, 0.25) is 0 Å². The summed E-state index contributed by atoms with van der Waals surface area (Å²) in [6.07, 6.45) is -4.93. The third-order valence-corrected chi connectivity index (χ3v) is 1.86. The van der Waals surface area contributed by atoms with Gasteiger partial charge >= 0.3 is 0 Å². The average Bonchev–Trinajstić information content (AvgIpc) is 2.22. The van der Waals surface area contributed by atoms with Gasteiger partial charge < -0.3 is 25.7 Å². The minimum absolute atomic E-state index is 0.223. The lowest BCUT2D eigenvalue weighted by Crippen LogP contribution is -2.48. The van der Waals surface area contributed by atoms with E-state index in [9.17, 15) is 15.0 Å². The molecule has 0 aliphatic rings. The molecule has 0 saturated heterocycles. The monoisotopic (exact) mass is 221 g/mol. The van der Waals surface area contributed by atoms with Crippen molar-refractivity contribution in [2.24, 2.45) is 5.92 Å². The van der Waals surface area contributed by atoms with Crippen LogP contribution in [0, 0.1) is 5.92 Å². The number of carbonyl (C=O) groups is 1. The molecule has 0 spiro atoms. The first kappa shape index (κ1) is 14.3. The Morgan fingerprint density at radius 1 is 1.27 bits per heavy atom. The largest absolute Gasteiger partial charge is 0.394 e. The Kier molecular flexibility index (Phi) is 6.42. The summed E-state index contributed by atoms with van der Waals surface area (Å²) in [4.78, 5) is 11.2. The molecular formula is C9H19NO5. The van der Waals surface area contributed by atoms with Gasteiger partial charge in [-0.25, -0.2) is 0 Å². The molecule has 0 aliphatic carbocycles. The number of carbonyl (C=O) groups excluding carboxylic acids is 1. The zero-order valence-corrected chi connectivity index (χ0v) is 8.92. The lowest BCUT2D eigenvalue weighted by atomic mass is 10.1. The van der Waals surface area contributed by atoms with Gasteiger partial charge in [0.25, 0.3) is 5.91 Å². The fourth-order valence-corrected chi connectivity index (χ4v) is 0.883. The van der Waals surface area contributed by atoms with Gasteiger partial charge in [0.15, 0.2) is 6.10 Å². The van der Waals surface area contributed by atoms with Gasteiger partial charge in [-0.3, -0.25) is 4.79 Å². The molecule has 0 aromatic carbocycles. The molecule has 0 aromatic heterocycles. The summed E-state index contributed by atoms with van der Waals surface area (Å²) in [5.41, 5.74) is 0. The van der Waals surface area contributed by atoms with Crippen molar-refractivity contribution in [3.63, 3.8) is 0 Å². The summed E-state index contributed by atoms with van der Waals surface area (Å²) in [6, 6.07) is 0. The summed E-state index contributed by atoms with van der Waals surface area (Å²) in [7, 11) is 0. The molecule has 0 radical (unpaired) electrons. The van der Waals surface area contributed by atoms with Gasteiger partial charge in [0.2, 0.25) is 0 Å². The van der Waals surface area contributed by atoms with E-state index in [2.05, 4.69) is 5.32 Å². The second-order valence-corrected chi connectivity index (χ2v) is 3.82. The molecule has 1 amide bonds. The zero-order chi connectivity index (χ0) is 12.0. The van der Waals surface area contributed by atoms with E-state index in [-0.39, 0.29) is 5.92 Å². The maximum absolute atomic E-state index is 11.2. The Bertz CT molecular complexity index is 197. The second-order valence-electron chi connectivity index (χ2n) is 3.82. The Balaban J connectivity index is 4.07. The van der Waals surface area contributed by atoms with Crippen LogP contribution in [-0.4, -0.2) is 57.8 Å². The quantitative estimate of drug-likeness (QED) is 0.351. The molecule has 0 heterocycles. The van der Waals surface area contributed by atoms with Gasteiger partial charge in [-0.1, -0.05) is 13.8 Å². The van der Waals surface area contributed by atoms with Crippen LogP contribution in [-0.2, 0) is 4.79 Å². The van der Waals surface area contributed by atoms with Crippen molar-refractivity contribution < 1.29 is 25.2 Å². The lowest BCUT2D eigenvalue weighted by molar-refractivity contribution is -0.142. The molecular weight excluding hydrogens is 202 g/mol. The van der Waals surface area contributed by atoms with Crippen LogP contribution in [0.25, 0.3) is 0 Å². The number of aliphatic hydroxyl groups excluding tert-OH is 4. The van der Waals surface area contributed by atoms with Crippen molar-refractivity contribution in [3.8, 4) is 0 Å². The normalized spacial score (nSPS) is 17.3. The van der Waals surface area contributed by atoms with Crippen LogP contribution >= 0.6 is 0 Å². The average molecular weight is 221 g/mol. The predicted molar refractivity (Wildman–Crippen MR) is 53.0 cm³/mol. The zero-order valence-electron chi connectivity index (χ0n) is 8.92. The van der Waals surface area contributed by atoms with E-state index < -0.39 is 30.8 Å². The first-order valence-corrected chi connectivity index (χ1v) is 4.83. The lowest BCUT2D eigenvalue weighted by Gasteiger charge is -2.21. The van der Waals surface area contributed by atoms with E-state index in [0.29, 0.717) is 6.54 Å². The molecule has 0 aliphatic heterocycles. The van der Waals surface area contributed by atoms with E-state index in [0.717, 1.165) is 0 Å². The number of hydrogen-bond acceptors (Lipinski definition) is 5. The van der Waals surface area contributed by atoms with Crippen molar-refractivity contribution in [2.45, 2.75) is 32.2 Å². The van der Waals surface area contributed by atoms with Gasteiger partial charge in [0.1, 0.15) is 12.2 Å². The molecule has 0 unspecified atom stereocenters. The summed E-state index contributed by atoms with van der Waals surface area (Å²) >= 11 is 0. The molecule has 6 heteroatoms. The molecule has 0 rings (SSSR count). The van der Waals surface area contributed by atoms with E-state index in [1.165, 1.54) is 0 Å². The highest BCUT2D eigenvalue weighted by Crippen LogP contribution is 2.00. The Hall–Kier alpha value is -0.690. The number of nitrogens with one attached hydrogen (secondary N) is 1. The maximum Gasteiger partial charge on any atom is 0.251 e. The van der Waals surface area contributed by atoms with E-state index in [1.54, 1.807) is 0 Å². The van der Waals surface area contributed by atoms with Crippen LogP contribution in [0.4, 0.5) is 0 Å². The van der Waals surface area contributed by atoms with Crippen molar-refractivity contribution in [1.29, 1.82) is 0 Å². The van der Waals surface area contributed by atoms with Crippen LogP contribution < -0.4 is 5.32 Å². The highest BCUT2D eigenvalue weighted by atomic mass is 16.4. The van der Waals surface area contributed by atoms with Crippen LogP contribution in [0.3, 0.4) is 0 Å². The number of amides is 1. The minimum atomic E-state index is -1.73. The third kappa shape index (κ3) is 5.08. The first-order valence-electron chi connectivity index (χ1n) is 4.83. The van der Waals surface area contributed by atoms with Crippen molar-refractivity contribution in [3.05, 3.63) is 0 Å². The highest BCUT2D eigenvalue weighted by Gasteiger charge is 2.29. The van der Waals surface area contributed by atoms with E-state index in [1.807, 2.05) is 13.8 Å².